The molecule has 1 aliphatic rings. The van der Waals surface area contributed by atoms with Crippen LogP contribution in [0.5, 0.6) is 11.5 Å². The Kier molecular flexibility index (Phi) is 4.11. The van der Waals surface area contributed by atoms with Gasteiger partial charge in [0.25, 0.3) is 0 Å². The molecule has 4 nitrogen and oxygen atoms in total. The normalized spacial score (nSPS) is 13.3. The van der Waals surface area contributed by atoms with E-state index >= 15 is 0 Å². The molecular formula is C19H15NO3. The van der Waals surface area contributed by atoms with Gasteiger partial charge in [-0.3, -0.25) is 4.79 Å². The molecule has 3 rings (SSSR count). The van der Waals surface area contributed by atoms with Crippen molar-refractivity contribution in [3.8, 4) is 17.6 Å². The molecule has 0 bridgehead atoms. The summed E-state index contributed by atoms with van der Waals surface area (Å²) in [6.45, 7) is 2.93. The molecule has 0 fully saturated rings. The van der Waals surface area contributed by atoms with Crippen LogP contribution in [0.25, 0.3) is 6.08 Å². The van der Waals surface area contributed by atoms with Gasteiger partial charge in [0, 0.05) is 5.56 Å². The summed E-state index contributed by atoms with van der Waals surface area (Å²) >= 11 is 0. The smallest absolute Gasteiger partial charge is 0.203 e. The number of nitriles is 1. The molecule has 1 aliphatic heterocycles. The number of hydrogen-bond donors (Lipinski definition) is 0. The summed E-state index contributed by atoms with van der Waals surface area (Å²) in [5.41, 5.74) is 2.31. The van der Waals surface area contributed by atoms with Crippen molar-refractivity contribution in [2.45, 2.75) is 6.92 Å². The number of carbonyl (C=O) groups excluding carboxylic acids is 1. The van der Waals surface area contributed by atoms with Gasteiger partial charge >= 0.3 is 0 Å². The van der Waals surface area contributed by atoms with Gasteiger partial charge in [0.05, 0.1) is 0 Å². The number of ether oxygens (including phenoxy) is 2. The van der Waals surface area contributed by atoms with Crippen LogP contribution in [0, 0.1) is 18.3 Å². The highest BCUT2D eigenvalue weighted by Gasteiger charge is 2.14. The number of rotatable bonds is 3. The quantitative estimate of drug-likeness (QED) is 0.494. The van der Waals surface area contributed by atoms with Crippen LogP contribution in [0.15, 0.2) is 48.0 Å². The second-order valence-corrected chi connectivity index (χ2v) is 5.27. The maximum Gasteiger partial charge on any atom is 0.203 e. The molecule has 1 heterocycles. The minimum Gasteiger partial charge on any atom is -0.486 e. The van der Waals surface area contributed by atoms with Crippen LogP contribution in [-0.2, 0) is 0 Å². The third-order valence-corrected chi connectivity index (χ3v) is 3.52. The fraction of sp³-hybridized carbons (Fsp3) is 0.158. The van der Waals surface area contributed by atoms with Gasteiger partial charge in [0.2, 0.25) is 5.78 Å². The zero-order chi connectivity index (χ0) is 16.2. The van der Waals surface area contributed by atoms with Gasteiger partial charge in [-0.1, -0.05) is 29.8 Å². The standard InChI is InChI=1S/C19H15NO3/c1-13-3-2-4-15(9-13)19(21)16(12-20)10-14-5-6-17-18(11-14)23-8-7-22-17/h2-6,9-11H,7-8H2,1H3/b16-10+. The predicted molar refractivity (Wildman–Crippen MR) is 86.5 cm³/mol. The van der Waals surface area contributed by atoms with Crippen LogP contribution in [0.1, 0.15) is 21.5 Å². The Morgan fingerprint density at radius 1 is 1.13 bits per heavy atom. The molecule has 2 aromatic carbocycles. The average Bonchev–Trinajstić information content (AvgIpc) is 2.59. The molecule has 0 N–H and O–H groups in total. The predicted octanol–water partition coefficient (Wildman–Crippen LogP) is 3.56. The molecule has 0 radical (unpaired) electrons. The lowest BCUT2D eigenvalue weighted by atomic mass is 10.0. The van der Waals surface area contributed by atoms with Crippen molar-refractivity contribution in [2.75, 3.05) is 13.2 Å². The zero-order valence-corrected chi connectivity index (χ0v) is 12.7. The zero-order valence-electron chi connectivity index (χ0n) is 12.7. The number of carbonyl (C=O) groups is 1. The van der Waals surface area contributed by atoms with Gasteiger partial charge in [-0.05, 0) is 36.8 Å². The number of Topliss-reactive ketones (excluding diaryl/α,β-unsaturated/α-hetero) is 1. The average molecular weight is 305 g/mol. The number of nitrogens with zero attached hydrogens (tertiary/aromatic N) is 1. The van der Waals surface area contributed by atoms with Crippen LogP contribution in [0.3, 0.4) is 0 Å². The van der Waals surface area contributed by atoms with E-state index in [1.54, 1.807) is 36.4 Å². The Morgan fingerprint density at radius 3 is 2.65 bits per heavy atom. The summed E-state index contributed by atoms with van der Waals surface area (Å²) in [4.78, 5) is 12.5. The van der Waals surface area contributed by atoms with Gasteiger partial charge < -0.3 is 9.47 Å². The first-order valence-corrected chi connectivity index (χ1v) is 7.30. The molecule has 23 heavy (non-hydrogen) atoms. The molecule has 0 spiro atoms. The Labute approximate surface area is 134 Å². The monoisotopic (exact) mass is 305 g/mol. The van der Waals surface area contributed by atoms with Crippen molar-refractivity contribution in [3.63, 3.8) is 0 Å². The number of allylic oxidation sites excluding steroid dienone is 1. The van der Waals surface area contributed by atoms with Gasteiger partial charge in [-0.2, -0.15) is 5.26 Å². The fourth-order valence-corrected chi connectivity index (χ4v) is 2.41. The third kappa shape index (κ3) is 3.24. The van der Waals surface area contributed by atoms with Crippen LogP contribution in [0.4, 0.5) is 0 Å². The second kappa shape index (κ2) is 6.37. The summed E-state index contributed by atoms with van der Waals surface area (Å²) in [7, 11) is 0. The van der Waals surface area contributed by atoms with Gasteiger partial charge in [0.15, 0.2) is 11.5 Å². The van der Waals surface area contributed by atoms with Crippen LogP contribution in [-0.4, -0.2) is 19.0 Å². The summed E-state index contributed by atoms with van der Waals surface area (Å²) in [5, 5.41) is 9.33. The number of benzene rings is 2. The lowest BCUT2D eigenvalue weighted by Gasteiger charge is -2.18. The van der Waals surface area contributed by atoms with E-state index in [2.05, 4.69) is 0 Å². The maximum atomic E-state index is 12.5. The molecular weight excluding hydrogens is 290 g/mol. The minimum atomic E-state index is -0.286. The Bertz CT molecular complexity index is 831. The van der Waals surface area contributed by atoms with E-state index in [0.29, 0.717) is 30.3 Å². The molecule has 0 aromatic heterocycles. The molecule has 0 atom stereocenters. The topological polar surface area (TPSA) is 59.3 Å². The summed E-state index contributed by atoms with van der Waals surface area (Å²) in [6.07, 6.45) is 1.57. The Balaban J connectivity index is 1.93. The number of ketones is 1. The second-order valence-electron chi connectivity index (χ2n) is 5.27. The fourth-order valence-electron chi connectivity index (χ4n) is 2.41. The summed E-state index contributed by atoms with van der Waals surface area (Å²) < 4.78 is 11.0. The highest BCUT2D eigenvalue weighted by Crippen LogP contribution is 2.31. The van der Waals surface area contributed by atoms with Crippen molar-refractivity contribution in [1.29, 1.82) is 5.26 Å². The first-order valence-electron chi connectivity index (χ1n) is 7.30. The Hall–Kier alpha value is -3.06. The lowest BCUT2D eigenvalue weighted by Crippen LogP contribution is -2.15. The van der Waals surface area contributed by atoms with E-state index in [1.165, 1.54) is 0 Å². The summed E-state index contributed by atoms with van der Waals surface area (Å²) in [5.74, 6) is 1.02. The number of aryl methyl sites for hydroxylation is 1. The molecule has 0 saturated heterocycles. The lowest BCUT2D eigenvalue weighted by molar-refractivity contribution is 0.104. The highest BCUT2D eigenvalue weighted by atomic mass is 16.6. The largest absolute Gasteiger partial charge is 0.486 e. The van der Waals surface area contributed by atoms with E-state index in [9.17, 15) is 10.1 Å². The number of hydrogen-bond acceptors (Lipinski definition) is 4. The molecule has 0 amide bonds. The molecule has 0 saturated carbocycles. The van der Waals surface area contributed by atoms with Crippen molar-refractivity contribution in [1.82, 2.24) is 0 Å². The first kappa shape index (κ1) is 14.9. The van der Waals surface area contributed by atoms with E-state index in [1.807, 2.05) is 25.1 Å². The SMILES string of the molecule is Cc1cccc(C(=O)/C(C#N)=C/c2ccc3c(c2)OCCO3)c1. The molecule has 0 unspecified atom stereocenters. The van der Waals surface area contributed by atoms with E-state index in [-0.39, 0.29) is 11.4 Å². The molecule has 4 heteroatoms. The van der Waals surface area contributed by atoms with Crippen molar-refractivity contribution >= 4 is 11.9 Å². The Morgan fingerprint density at radius 2 is 1.91 bits per heavy atom. The highest BCUT2D eigenvalue weighted by molar-refractivity contribution is 6.14. The van der Waals surface area contributed by atoms with Gasteiger partial charge in [-0.15, -0.1) is 0 Å². The van der Waals surface area contributed by atoms with Gasteiger partial charge in [-0.25, -0.2) is 0 Å². The first-order chi connectivity index (χ1) is 11.2. The van der Waals surface area contributed by atoms with Crippen molar-refractivity contribution in [2.24, 2.45) is 0 Å². The third-order valence-electron chi connectivity index (χ3n) is 3.52. The van der Waals surface area contributed by atoms with E-state index in [0.717, 1.165) is 11.1 Å². The van der Waals surface area contributed by atoms with Gasteiger partial charge in [0.1, 0.15) is 24.9 Å². The number of fused-ring (bicyclic) bond motifs is 1. The van der Waals surface area contributed by atoms with Crippen molar-refractivity contribution in [3.05, 3.63) is 64.7 Å². The molecule has 114 valence electrons. The minimum absolute atomic E-state index is 0.0901. The van der Waals surface area contributed by atoms with E-state index in [4.69, 9.17) is 9.47 Å². The van der Waals surface area contributed by atoms with Crippen LogP contribution in [0.2, 0.25) is 0 Å². The van der Waals surface area contributed by atoms with Crippen LogP contribution >= 0.6 is 0 Å². The van der Waals surface area contributed by atoms with Crippen LogP contribution < -0.4 is 9.47 Å². The summed E-state index contributed by atoms with van der Waals surface area (Å²) in [6, 6.07) is 14.6. The molecule has 2 aromatic rings. The van der Waals surface area contributed by atoms with Crippen molar-refractivity contribution < 1.29 is 14.3 Å². The maximum absolute atomic E-state index is 12.5. The van der Waals surface area contributed by atoms with E-state index < -0.39 is 0 Å². The molecule has 0 aliphatic carbocycles.